The summed E-state index contributed by atoms with van der Waals surface area (Å²) in [5.41, 5.74) is 4.09. The van der Waals surface area contributed by atoms with E-state index in [9.17, 15) is 9.59 Å². The highest BCUT2D eigenvalue weighted by atomic mass is 16.7. The van der Waals surface area contributed by atoms with E-state index in [-0.39, 0.29) is 17.5 Å². The van der Waals surface area contributed by atoms with Crippen molar-refractivity contribution in [3.63, 3.8) is 0 Å². The zero-order chi connectivity index (χ0) is 33.4. The molecule has 1 N–H and O–H groups in total. The minimum absolute atomic E-state index is 0.0230. The Balaban J connectivity index is 1.16. The van der Waals surface area contributed by atoms with Crippen molar-refractivity contribution in [3.05, 3.63) is 94.0 Å². The summed E-state index contributed by atoms with van der Waals surface area (Å²) < 4.78 is 1.82. The van der Waals surface area contributed by atoms with Crippen molar-refractivity contribution in [1.29, 1.82) is 0 Å². The second-order valence-corrected chi connectivity index (χ2v) is 13.6. The van der Waals surface area contributed by atoms with Crippen molar-refractivity contribution in [2.45, 2.75) is 82.9 Å². The van der Waals surface area contributed by atoms with Crippen molar-refractivity contribution in [2.75, 3.05) is 19.6 Å². The van der Waals surface area contributed by atoms with E-state index in [0.29, 0.717) is 36.1 Å². The molecule has 0 bridgehead atoms. The van der Waals surface area contributed by atoms with Crippen LogP contribution in [0.4, 0.5) is 0 Å². The first-order valence-electron chi connectivity index (χ1n) is 17.8. The molecule has 3 saturated heterocycles. The van der Waals surface area contributed by atoms with E-state index in [0.717, 1.165) is 98.2 Å². The van der Waals surface area contributed by atoms with Crippen molar-refractivity contribution < 1.29 is 9.63 Å². The van der Waals surface area contributed by atoms with Gasteiger partial charge in [-0.2, -0.15) is 10.3 Å². The predicted molar refractivity (Wildman–Crippen MR) is 186 cm³/mol. The van der Waals surface area contributed by atoms with Gasteiger partial charge in [-0.3, -0.25) is 19.0 Å². The molecular weight excluding hydrogens is 616 g/mol. The lowest BCUT2D eigenvalue weighted by atomic mass is 9.85. The van der Waals surface area contributed by atoms with Gasteiger partial charge in [0, 0.05) is 44.1 Å². The molecule has 5 heterocycles. The number of benzene rings is 3. The van der Waals surface area contributed by atoms with Gasteiger partial charge in [-0.25, -0.2) is 4.98 Å². The first-order valence-corrected chi connectivity index (χ1v) is 17.8. The smallest absolute Gasteiger partial charge is 0.261 e. The highest BCUT2D eigenvalue weighted by Crippen LogP contribution is 2.45. The van der Waals surface area contributed by atoms with Gasteiger partial charge in [-0.1, -0.05) is 67.9 Å². The van der Waals surface area contributed by atoms with Crippen LogP contribution in [0.2, 0.25) is 0 Å². The van der Waals surface area contributed by atoms with E-state index in [1.807, 2.05) is 57.0 Å². The number of fused-ring (bicyclic) bond motifs is 2. The molecule has 0 spiro atoms. The molecule has 1 amide bonds. The molecule has 3 aliphatic heterocycles. The maximum absolute atomic E-state index is 14.5. The number of tetrazole rings is 1. The Bertz CT molecular complexity index is 2010. The lowest BCUT2D eigenvalue weighted by molar-refractivity contribution is -0.210. The number of hydrogen-bond donors (Lipinski definition) is 1. The molecule has 49 heavy (non-hydrogen) atoms. The number of rotatable bonds is 9. The van der Waals surface area contributed by atoms with Crippen LogP contribution in [-0.4, -0.2) is 71.7 Å². The van der Waals surface area contributed by atoms with E-state index < -0.39 is 5.60 Å². The lowest BCUT2D eigenvalue weighted by Crippen LogP contribution is -2.49. The monoisotopic (exact) mass is 658 g/mol. The molecule has 0 unspecified atom stereocenters. The van der Waals surface area contributed by atoms with E-state index in [1.165, 1.54) is 0 Å². The summed E-state index contributed by atoms with van der Waals surface area (Å²) in [6.07, 6.45) is 8.48. The number of unbranched alkanes of at least 4 members (excludes halogenated alkanes) is 1. The fourth-order valence-corrected chi connectivity index (χ4v) is 7.86. The van der Waals surface area contributed by atoms with E-state index in [4.69, 9.17) is 9.82 Å². The van der Waals surface area contributed by atoms with Crippen molar-refractivity contribution in [1.82, 2.24) is 40.1 Å². The molecule has 8 rings (SSSR count). The lowest BCUT2D eigenvalue weighted by Gasteiger charge is -2.36. The number of hydroxylamine groups is 2. The normalized spacial score (nSPS) is 21.0. The van der Waals surface area contributed by atoms with Crippen LogP contribution in [0.1, 0.15) is 75.2 Å². The van der Waals surface area contributed by atoms with Crippen molar-refractivity contribution >= 4 is 16.8 Å². The Hall–Kier alpha value is -4.74. The Morgan fingerprint density at radius 3 is 2.55 bits per heavy atom. The van der Waals surface area contributed by atoms with Crippen LogP contribution in [0, 0.1) is 0 Å². The number of aryl methyl sites for hydroxylation is 1. The maximum Gasteiger partial charge on any atom is 0.261 e. The van der Waals surface area contributed by atoms with Gasteiger partial charge >= 0.3 is 0 Å². The van der Waals surface area contributed by atoms with Crippen LogP contribution < -0.4 is 5.56 Å². The number of carbonyl (C=O) groups excluding carboxylic acids is 1. The molecule has 2 aromatic heterocycles. The second-order valence-electron chi connectivity index (χ2n) is 13.6. The van der Waals surface area contributed by atoms with Crippen LogP contribution in [0.3, 0.4) is 0 Å². The SMILES string of the molecule is CCCCc1nc2ccc([C@@]3(C(=O)N4CCCCC4)C[C@H]4CCCN4O3)cc2c(=O)n1Cc1ccc(-c2ccccc2-c2nn[nH]n2)cc1. The van der Waals surface area contributed by atoms with Gasteiger partial charge in [-0.05, 0) is 78.1 Å². The quantitative estimate of drug-likeness (QED) is 0.216. The molecule has 2 atom stereocenters. The summed E-state index contributed by atoms with van der Waals surface area (Å²) in [7, 11) is 0. The number of H-pyrrole nitrogens is 1. The van der Waals surface area contributed by atoms with Crippen LogP contribution in [0.15, 0.2) is 71.5 Å². The fraction of sp³-hybridized carbons (Fsp3) is 0.421. The Labute approximate surface area is 285 Å². The number of piperidine rings is 1. The van der Waals surface area contributed by atoms with Gasteiger partial charge in [0.25, 0.3) is 11.5 Å². The molecule has 252 valence electrons. The highest BCUT2D eigenvalue weighted by Gasteiger charge is 2.55. The molecule has 11 heteroatoms. The average molecular weight is 659 g/mol. The van der Waals surface area contributed by atoms with Gasteiger partial charge < -0.3 is 4.90 Å². The number of likely N-dealkylation sites (tertiary alicyclic amines) is 1. The summed E-state index contributed by atoms with van der Waals surface area (Å²) in [5.74, 6) is 1.33. The van der Waals surface area contributed by atoms with Crippen LogP contribution in [-0.2, 0) is 28.2 Å². The number of hydrogen-bond acceptors (Lipinski definition) is 8. The van der Waals surface area contributed by atoms with Crippen LogP contribution in [0.25, 0.3) is 33.4 Å². The number of aromatic amines is 1. The summed E-state index contributed by atoms with van der Waals surface area (Å²) in [4.78, 5) is 42.5. The first-order chi connectivity index (χ1) is 24.0. The minimum atomic E-state index is -1.12. The van der Waals surface area contributed by atoms with Crippen molar-refractivity contribution in [3.8, 4) is 22.5 Å². The fourth-order valence-electron chi connectivity index (χ4n) is 7.86. The Kier molecular flexibility index (Phi) is 8.55. The number of aromatic nitrogens is 6. The van der Waals surface area contributed by atoms with Crippen molar-refractivity contribution in [2.24, 2.45) is 0 Å². The molecule has 3 aromatic carbocycles. The van der Waals surface area contributed by atoms with Gasteiger partial charge in [0.05, 0.1) is 17.4 Å². The predicted octanol–water partition coefficient (Wildman–Crippen LogP) is 5.64. The molecule has 3 aliphatic rings. The zero-order valence-electron chi connectivity index (χ0n) is 28.0. The minimum Gasteiger partial charge on any atom is -0.340 e. The molecule has 0 saturated carbocycles. The molecule has 3 fully saturated rings. The number of nitrogens with zero attached hydrogens (tertiary/aromatic N) is 7. The van der Waals surface area contributed by atoms with Gasteiger partial charge in [0.2, 0.25) is 5.82 Å². The first kappa shape index (κ1) is 31.5. The third kappa shape index (κ3) is 5.84. The highest BCUT2D eigenvalue weighted by molar-refractivity contribution is 5.89. The number of nitrogens with one attached hydrogen (secondary N) is 1. The van der Waals surface area contributed by atoms with E-state index >= 15 is 0 Å². The van der Waals surface area contributed by atoms with E-state index in [1.54, 1.807) is 0 Å². The zero-order valence-corrected chi connectivity index (χ0v) is 28.0. The Morgan fingerprint density at radius 2 is 1.80 bits per heavy atom. The topological polar surface area (TPSA) is 122 Å². The third-order valence-corrected chi connectivity index (χ3v) is 10.5. The standard InChI is InChI=1S/C38H42N8O3/c1-2-3-13-34-39-33-19-18-28(38(24-29-10-9-22-46(29)49-38)37(48)44-20-7-4-8-21-44)23-32(33)36(47)45(34)25-26-14-16-27(17-15-26)30-11-5-6-12-31(30)35-40-42-43-41-35/h5-6,11-12,14-19,23,29H,2-4,7-10,13,20-22,24-25H2,1H3,(H,40,41,42,43)/t29-,38-/m1/s1. The summed E-state index contributed by atoms with van der Waals surface area (Å²) in [5, 5.41) is 17.1. The van der Waals surface area contributed by atoms with E-state index in [2.05, 4.69) is 51.8 Å². The van der Waals surface area contributed by atoms with Crippen LogP contribution in [0.5, 0.6) is 0 Å². The molecule has 5 aromatic rings. The second kappa shape index (κ2) is 13.3. The number of carbonyl (C=O) groups is 1. The number of amides is 1. The summed E-state index contributed by atoms with van der Waals surface area (Å²) in [6.45, 7) is 4.86. The largest absolute Gasteiger partial charge is 0.340 e. The molecule has 11 nitrogen and oxygen atoms in total. The molecule has 0 aliphatic carbocycles. The Morgan fingerprint density at radius 1 is 0.980 bits per heavy atom. The average Bonchev–Trinajstić information content (AvgIpc) is 3.91. The molecule has 0 radical (unpaired) electrons. The van der Waals surface area contributed by atoms with Gasteiger partial charge in [0.1, 0.15) is 5.82 Å². The maximum atomic E-state index is 14.5. The summed E-state index contributed by atoms with van der Waals surface area (Å²) >= 11 is 0. The van der Waals surface area contributed by atoms with Gasteiger partial charge in [-0.15, -0.1) is 10.2 Å². The summed E-state index contributed by atoms with van der Waals surface area (Å²) in [6, 6.07) is 22.2. The molecular formula is C38H42N8O3. The van der Waals surface area contributed by atoms with Crippen LogP contribution >= 0.6 is 0 Å². The third-order valence-electron chi connectivity index (χ3n) is 10.5. The van der Waals surface area contributed by atoms with Gasteiger partial charge in [0.15, 0.2) is 5.60 Å².